The molecule has 0 atom stereocenters. The zero-order valence-corrected chi connectivity index (χ0v) is 13.2. The van der Waals surface area contributed by atoms with E-state index in [0.717, 1.165) is 45.4 Å². The number of hydrogen-bond acceptors (Lipinski definition) is 3. The molecule has 3 heteroatoms. The van der Waals surface area contributed by atoms with Crippen LogP contribution in [0.1, 0.15) is 37.8 Å². The van der Waals surface area contributed by atoms with Gasteiger partial charge in [-0.15, -0.1) is 0 Å². The molecule has 1 N–H and O–H groups in total. The van der Waals surface area contributed by atoms with Crippen LogP contribution in [0.25, 0.3) is 5.57 Å². The lowest BCUT2D eigenvalue weighted by molar-refractivity contribution is 0.583. The van der Waals surface area contributed by atoms with Gasteiger partial charge < -0.3 is 10.2 Å². The molecule has 0 aromatic carbocycles. The summed E-state index contributed by atoms with van der Waals surface area (Å²) in [6, 6.07) is 2.35. The van der Waals surface area contributed by atoms with Crippen molar-refractivity contribution in [2.75, 3.05) is 31.1 Å². The number of aromatic nitrogens is 1. The van der Waals surface area contributed by atoms with Crippen LogP contribution in [0.2, 0.25) is 0 Å². The molecular formula is C18H25N3. The van der Waals surface area contributed by atoms with E-state index in [9.17, 15) is 0 Å². The van der Waals surface area contributed by atoms with Crippen molar-refractivity contribution < 1.29 is 0 Å². The third-order valence-electron chi connectivity index (χ3n) is 4.75. The Morgan fingerprint density at radius 3 is 2.67 bits per heavy atom. The van der Waals surface area contributed by atoms with E-state index >= 15 is 0 Å². The van der Waals surface area contributed by atoms with E-state index in [-0.39, 0.29) is 0 Å². The molecule has 0 radical (unpaired) electrons. The van der Waals surface area contributed by atoms with Crippen LogP contribution in [0.4, 0.5) is 5.82 Å². The minimum absolute atomic E-state index is 1.04. The molecule has 1 aliphatic carbocycles. The van der Waals surface area contributed by atoms with Gasteiger partial charge >= 0.3 is 0 Å². The molecule has 112 valence electrons. The van der Waals surface area contributed by atoms with Crippen molar-refractivity contribution in [1.82, 2.24) is 10.3 Å². The second kappa shape index (κ2) is 6.02. The van der Waals surface area contributed by atoms with Gasteiger partial charge in [0.1, 0.15) is 5.82 Å². The molecule has 1 saturated heterocycles. The van der Waals surface area contributed by atoms with Crippen molar-refractivity contribution in [3.63, 3.8) is 0 Å². The van der Waals surface area contributed by atoms with Crippen LogP contribution in [-0.2, 0) is 6.42 Å². The topological polar surface area (TPSA) is 28.2 Å². The molecule has 2 heterocycles. The number of pyridine rings is 1. The molecule has 21 heavy (non-hydrogen) atoms. The standard InChI is InChI=1S/C18H25N3/c1-4-15-11-16(17-6-5-13(2)14(17)3)12-20-18(15)21-9-7-19-8-10-21/h11-12,19H,2,4-10H2,1,3H3. The molecule has 0 amide bonds. The summed E-state index contributed by atoms with van der Waals surface area (Å²) in [6.45, 7) is 12.8. The summed E-state index contributed by atoms with van der Waals surface area (Å²) < 4.78 is 0. The van der Waals surface area contributed by atoms with E-state index in [1.807, 2.05) is 0 Å². The van der Waals surface area contributed by atoms with Crippen LogP contribution >= 0.6 is 0 Å². The molecule has 1 aromatic rings. The smallest absolute Gasteiger partial charge is 0.131 e. The van der Waals surface area contributed by atoms with Crippen LogP contribution in [0.15, 0.2) is 30.0 Å². The normalized spacial score (nSPS) is 19.5. The number of allylic oxidation sites excluding steroid dienone is 3. The lowest BCUT2D eigenvalue weighted by Gasteiger charge is -2.30. The van der Waals surface area contributed by atoms with E-state index in [1.54, 1.807) is 0 Å². The highest BCUT2D eigenvalue weighted by Gasteiger charge is 2.19. The quantitative estimate of drug-likeness (QED) is 0.923. The second-order valence-corrected chi connectivity index (χ2v) is 6.00. The van der Waals surface area contributed by atoms with Crippen molar-refractivity contribution >= 4 is 11.4 Å². The van der Waals surface area contributed by atoms with Gasteiger partial charge in [-0.3, -0.25) is 0 Å². The van der Waals surface area contributed by atoms with Crippen LogP contribution in [0.3, 0.4) is 0 Å². The molecule has 1 fully saturated rings. The Labute approximate surface area is 127 Å². The fourth-order valence-electron chi connectivity index (χ4n) is 3.31. The summed E-state index contributed by atoms with van der Waals surface area (Å²) in [7, 11) is 0. The Bertz CT molecular complexity index is 580. The van der Waals surface area contributed by atoms with E-state index in [4.69, 9.17) is 4.98 Å². The van der Waals surface area contributed by atoms with Gasteiger partial charge in [-0.2, -0.15) is 0 Å². The first-order chi connectivity index (χ1) is 10.2. The van der Waals surface area contributed by atoms with Gasteiger partial charge in [-0.25, -0.2) is 4.98 Å². The number of nitrogens with one attached hydrogen (secondary N) is 1. The molecule has 0 unspecified atom stereocenters. The maximum atomic E-state index is 4.81. The maximum absolute atomic E-state index is 4.81. The summed E-state index contributed by atoms with van der Waals surface area (Å²) in [5.74, 6) is 1.18. The van der Waals surface area contributed by atoms with Crippen LogP contribution < -0.4 is 10.2 Å². The Balaban J connectivity index is 1.94. The van der Waals surface area contributed by atoms with E-state index in [2.05, 4.69) is 42.9 Å². The lowest BCUT2D eigenvalue weighted by atomic mass is 10.0. The molecule has 3 nitrogen and oxygen atoms in total. The van der Waals surface area contributed by atoms with Gasteiger partial charge in [-0.1, -0.05) is 19.1 Å². The highest BCUT2D eigenvalue weighted by atomic mass is 15.2. The summed E-state index contributed by atoms with van der Waals surface area (Å²) >= 11 is 0. The highest BCUT2D eigenvalue weighted by Crippen LogP contribution is 2.37. The first kappa shape index (κ1) is 14.3. The number of anilines is 1. The lowest BCUT2D eigenvalue weighted by Crippen LogP contribution is -2.44. The number of rotatable bonds is 3. The predicted molar refractivity (Wildman–Crippen MR) is 89.7 cm³/mol. The number of hydrogen-bond donors (Lipinski definition) is 1. The zero-order valence-electron chi connectivity index (χ0n) is 13.2. The van der Waals surface area contributed by atoms with Crippen molar-refractivity contribution in [2.24, 2.45) is 0 Å². The highest BCUT2D eigenvalue weighted by molar-refractivity contribution is 5.76. The average molecular weight is 283 g/mol. The SMILES string of the molecule is C=C1CCC(c2cnc(N3CCNCC3)c(CC)c2)=C1C. The number of piperazine rings is 1. The van der Waals surface area contributed by atoms with Crippen molar-refractivity contribution in [2.45, 2.75) is 33.1 Å². The molecule has 0 saturated carbocycles. The Morgan fingerprint density at radius 1 is 1.29 bits per heavy atom. The van der Waals surface area contributed by atoms with Gasteiger partial charge in [0.15, 0.2) is 0 Å². The van der Waals surface area contributed by atoms with Crippen molar-refractivity contribution in [3.8, 4) is 0 Å². The fraction of sp³-hybridized carbons (Fsp3) is 0.500. The van der Waals surface area contributed by atoms with Gasteiger partial charge in [0.25, 0.3) is 0 Å². The fourth-order valence-corrected chi connectivity index (χ4v) is 3.31. The molecule has 3 rings (SSSR count). The van der Waals surface area contributed by atoms with E-state index in [1.165, 1.54) is 33.7 Å². The minimum atomic E-state index is 1.04. The third-order valence-corrected chi connectivity index (χ3v) is 4.75. The van der Waals surface area contributed by atoms with E-state index in [0.29, 0.717) is 0 Å². The predicted octanol–water partition coefficient (Wildman–Crippen LogP) is 3.18. The van der Waals surface area contributed by atoms with Gasteiger partial charge in [0.05, 0.1) is 0 Å². The Kier molecular flexibility index (Phi) is 4.11. The average Bonchev–Trinajstić information content (AvgIpc) is 2.87. The monoisotopic (exact) mass is 283 g/mol. The van der Waals surface area contributed by atoms with E-state index < -0.39 is 0 Å². The van der Waals surface area contributed by atoms with Gasteiger partial charge in [0.2, 0.25) is 0 Å². The molecule has 1 aliphatic heterocycles. The largest absolute Gasteiger partial charge is 0.354 e. The third kappa shape index (κ3) is 2.75. The molecular weight excluding hydrogens is 258 g/mol. The summed E-state index contributed by atoms with van der Waals surface area (Å²) in [5, 5.41) is 3.40. The second-order valence-electron chi connectivity index (χ2n) is 6.00. The Morgan fingerprint density at radius 2 is 2.05 bits per heavy atom. The Hall–Kier alpha value is -1.61. The molecule has 2 aliphatic rings. The maximum Gasteiger partial charge on any atom is 0.131 e. The first-order valence-corrected chi connectivity index (χ1v) is 8.03. The van der Waals surface area contributed by atoms with Gasteiger partial charge in [0, 0.05) is 32.4 Å². The van der Waals surface area contributed by atoms with Gasteiger partial charge in [-0.05, 0) is 54.5 Å². The van der Waals surface area contributed by atoms with Crippen LogP contribution in [0, 0.1) is 0 Å². The summed E-state index contributed by atoms with van der Waals surface area (Å²) in [5.41, 5.74) is 6.76. The summed E-state index contributed by atoms with van der Waals surface area (Å²) in [6.07, 6.45) is 5.31. The summed E-state index contributed by atoms with van der Waals surface area (Å²) in [4.78, 5) is 7.22. The van der Waals surface area contributed by atoms with Crippen molar-refractivity contribution in [3.05, 3.63) is 41.1 Å². The molecule has 0 bridgehead atoms. The minimum Gasteiger partial charge on any atom is -0.354 e. The molecule has 1 aromatic heterocycles. The van der Waals surface area contributed by atoms with Crippen molar-refractivity contribution in [1.29, 1.82) is 0 Å². The van der Waals surface area contributed by atoms with Crippen LogP contribution in [-0.4, -0.2) is 31.2 Å². The van der Waals surface area contributed by atoms with Crippen LogP contribution in [0.5, 0.6) is 0 Å². The number of aryl methyl sites for hydroxylation is 1. The molecule has 0 spiro atoms. The first-order valence-electron chi connectivity index (χ1n) is 8.03. The number of nitrogens with zero attached hydrogens (tertiary/aromatic N) is 2. The zero-order chi connectivity index (χ0) is 14.8.